The van der Waals surface area contributed by atoms with Crippen LogP contribution in [0.15, 0.2) is 30.3 Å². The molecule has 3 N–H and O–H groups in total. The molecular formula is C16H23N3O3. The molecule has 1 saturated heterocycles. The quantitative estimate of drug-likeness (QED) is 0.853. The minimum Gasteiger partial charge on any atom is -0.445 e. The molecule has 0 bridgehead atoms. The normalized spacial score (nSPS) is 21.5. The fourth-order valence-corrected chi connectivity index (χ4v) is 2.64. The molecule has 1 aliphatic heterocycles. The van der Waals surface area contributed by atoms with Crippen molar-refractivity contribution in [3.63, 3.8) is 0 Å². The van der Waals surface area contributed by atoms with Crippen molar-refractivity contribution in [1.82, 2.24) is 10.2 Å². The molecule has 22 heavy (non-hydrogen) atoms. The summed E-state index contributed by atoms with van der Waals surface area (Å²) in [6.45, 7) is 3.79. The molecule has 0 aromatic heterocycles. The predicted molar refractivity (Wildman–Crippen MR) is 83.0 cm³/mol. The highest BCUT2D eigenvalue weighted by Crippen LogP contribution is 2.18. The Labute approximate surface area is 130 Å². The number of rotatable bonds is 5. The molecule has 0 unspecified atom stereocenters. The number of ether oxygens (including phenoxy) is 1. The molecule has 0 radical (unpaired) electrons. The van der Waals surface area contributed by atoms with E-state index in [1.807, 2.05) is 37.3 Å². The largest absolute Gasteiger partial charge is 0.445 e. The number of likely N-dealkylation sites (tertiary alicyclic amines) is 1. The Morgan fingerprint density at radius 3 is 2.77 bits per heavy atom. The van der Waals surface area contributed by atoms with Gasteiger partial charge in [-0.1, -0.05) is 30.3 Å². The highest BCUT2D eigenvalue weighted by Gasteiger charge is 2.36. The number of alkyl carbamates (subject to hydrolysis) is 1. The van der Waals surface area contributed by atoms with E-state index in [0.29, 0.717) is 19.6 Å². The molecule has 2 atom stereocenters. The third-order valence-corrected chi connectivity index (χ3v) is 3.99. The van der Waals surface area contributed by atoms with Gasteiger partial charge < -0.3 is 20.7 Å². The first kappa shape index (κ1) is 16.3. The minimum absolute atomic E-state index is 0.0421. The lowest BCUT2D eigenvalue weighted by atomic mass is 9.91. The van der Waals surface area contributed by atoms with E-state index in [4.69, 9.17) is 10.5 Å². The highest BCUT2D eigenvalue weighted by molar-refractivity contribution is 5.86. The van der Waals surface area contributed by atoms with Crippen LogP contribution in [0, 0.1) is 5.92 Å². The Kier molecular flexibility index (Phi) is 5.77. The Hall–Kier alpha value is -2.08. The molecule has 0 aliphatic carbocycles. The number of nitrogens with one attached hydrogen (secondary N) is 1. The monoisotopic (exact) mass is 305 g/mol. The first-order chi connectivity index (χ1) is 10.7. The zero-order valence-electron chi connectivity index (χ0n) is 12.8. The molecule has 120 valence electrons. The van der Waals surface area contributed by atoms with Crippen LogP contribution < -0.4 is 11.1 Å². The zero-order chi connectivity index (χ0) is 15.9. The molecule has 1 heterocycles. The number of nitrogens with zero attached hydrogens (tertiary/aromatic N) is 1. The van der Waals surface area contributed by atoms with Gasteiger partial charge in [-0.15, -0.1) is 0 Å². The maximum absolute atomic E-state index is 12.3. The number of piperidine rings is 1. The summed E-state index contributed by atoms with van der Waals surface area (Å²) in [6.07, 6.45) is 0.207. The van der Waals surface area contributed by atoms with Crippen LogP contribution in [-0.4, -0.2) is 42.6 Å². The molecule has 6 nitrogen and oxygen atoms in total. The average Bonchev–Trinajstić information content (AvgIpc) is 2.55. The van der Waals surface area contributed by atoms with Gasteiger partial charge in [0.2, 0.25) is 5.91 Å². The van der Waals surface area contributed by atoms with Gasteiger partial charge in [0.05, 0.1) is 0 Å². The van der Waals surface area contributed by atoms with Gasteiger partial charge in [-0.3, -0.25) is 4.79 Å². The van der Waals surface area contributed by atoms with Crippen LogP contribution in [0.1, 0.15) is 18.9 Å². The van der Waals surface area contributed by atoms with Crippen LogP contribution in [0.5, 0.6) is 0 Å². The van der Waals surface area contributed by atoms with Crippen LogP contribution >= 0.6 is 0 Å². The standard InChI is InChI=1S/C16H23N3O3/c1-2-19-9-8-13(10-17)14(15(19)20)18-16(21)22-11-12-6-4-3-5-7-12/h3-7,13-14H,2,8-11,17H2,1H3,(H,18,21)/t13-,14+/m0/s1. The molecule has 1 fully saturated rings. The number of hydrogen-bond donors (Lipinski definition) is 2. The fraction of sp³-hybridized carbons (Fsp3) is 0.500. The van der Waals surface area contributed by atoms with Crippen molar-refractivity contribution in [3.8, 4) is 0 Å². The number of hydrogen-bond acceptors (Lipinski definition) is 4. The predicted octanol–water partition coefficient (Wildman–Crippen LogP) is 1.11. The third-order valence-electron chi connectivity index (χ3n) is 3.99. The van der Waals surface area contributed by atoms with E-state index in [1.54, 1.807) is 4.90 Å². The van der Waals surface area contributed by atoms with Gasteiger partial charge >= 0.3 is 6.09 Å². The first-order valence-electron chi connectivity index (χ1n) is 7.61. The zero-order valence-corrected chi connectivity index (χ0v) is 12.8. The van der Waals surface area contributed by atoms with E-state index in [1.165, 1.54) is 0 Å². The molecule has 0 spiro atoms. The van der Waals surface area contributed by atoms with Crippen molar-refractivity contribution < 1.29 is 14.3 Å². The van der Waals surface area contributed by atoms with E-state index >= 15 is 0 Å². The lowest BCUT2D eigenvalue weighted by Gasteiger charge is -2.36. The Balaban J connectivity index is 1.91. The second-order valence-electron chi connectivity index (χ2n) is 5.39. The summed E-state index contributed by atoms with van der Waals surface area (Å²) in [5, 5.41) is 2.67. The summed E-state index contributed by atoms with van der Waals surface area (Å²) < 4.78 is 5.18. The lowest BCUT2D eigenvalue weighted by molar-refractivity contribution is -0.137. The number of likely N-dealkylation sites (N-methyl/N-ethyl adjacent to an activating group) is 1. The Morgan fingerprint density at radius 2 is 2.14 bits per heavy atom. The number of carbonyl (C=O) groups excluding carboxylic acids is 2. The molecule has 1 aliphatic rings. The molecular weight excluding hydrogens is 282 g/mol. The van der Waals surface area contributed by atoms with Gasteiger partial charge in [0.25, 0.3) is 0 Å². The molecule has 0 saturated carbocycles. The maximum atomic E-state index is 12.3. The fourth-order valence-electron chi connectivity index (χ4n) is 2.64. The van der Waals surface area contributed by atoms with Crippen molar-refractivity contribution in [2.24, 2.45) is 11.7 Å². The second-order valence-corrected chi connectivity index (χ2v) is 5.39. The van der Waals surface area contributed by atoms with Crippen molar-refractivity contribution in [1.29, 1.82) is 0 Å². The van der Waals surface area contributed by atoms with E-state index in [2.05, 4.69) is 5.32 Å². The van der Waals surface area contributed by atoms with Crippen LogP contribution in [-0.2, 0) is 16.1 Å². The van der Waals surface area contributed by atoms with Crippen molar-refractivity contribution in [2.45, 2.75) is 26.0 Å². The third kappa shape index (κ3) is 3.98. The van der Waals surface area contributed by atoms with Gasteiger partial charge in [-0.05, 0) is 25.5 Å². The minimum atomic E-state index is -0.595. The molecule has 1 aromatic carbocycles. The Bertz CT molecular complexity index is 507. The molecule has 2 amide bonds. The number of amides is 2. The smallest absolute Gasteiger partial charge is 0.408 e. The van der Waals surface area contributed by atoms with Crippen molar-refractivity contribution in [2.75, 3.05) is 19.6 Å². The lowest BCUT2D eigenvalue weighted by Crippen LogP contribution is -2.58. The summed E-state index contributed by atoms with van der Waals surface area (Å²) in [5.41, 5.74) is 6.62. The van der Waals surface area contributed by atoms with Gasteiger partial charge in [0.1, 0.15) is 12.6 Å². The van der Waals surface area contributed by atoms with Crippen LogP contribution in [0.4, 0.5) is 4.79 Å². The van der Waals surface area contributed by atoms with Crippen LogP contribution in [0.3, 0.4) is 0 Å². The van der Waals surface area contributed by atoms with Crippen LogP contribution in [0.2, 0.25) is 0 Å². The van der Waals surface area contributed by atoms with E-state index in [-0.39, 0.29) is 18.4 Å². The van der Waals surface area contributed by atoms with E-state index in [9.17, 15) is 9.59 Å². The van der Waals surface area contributed by atoms with Gasteiger partial charge in [0, 0.05) is 19.0 Å². The van der Waals surface area contributed by atoms with Crippen molar-refractivity contribution in [3.05, 3.63) is 35.9 Å². The summed E-state index contributed by atoms with van der Waals surface area (Å²) in [4.78, 5) is 26.0. The average molecular weight is 305 g/mol. The molecule has 6 heteroatoms. The van der Waals surface area contributed by atoms with Crippen LogP contribution in [0.25, 0.3) is 0 Å². The van der Waals surface area contributed by atoms with Gasteiger partial charge in [0.15, 0.2) is 0 Å². The van der Waals surface area contributed by atoms with E-state index in [0.717, 1.165) is 12.0 Å². The molecule has 2 rings (SSSR count). The summed E-state index contributed by atoms with van der Waals surface area (Å²) in [6, 6.07) is 8.81. The number of benzene rings is 1. The van der Waals surface area contributed by atoms with E-state index < -0.39 is 12.1 Å². The molecule has 1 aromatic rings. The van der Waals surface area contributed by atoms with Crippen molar-refractivity contribution >= 4 is 12.0 Å². The SMILES string of the molecule is CCN1CC[C@@H](CN)[C@@H](NC(=O)OCc2ccccc2)C1=O. The summed E-state index contributed by atoms with van der Waals surface area (Å²) >= 11 is 0. The summed E-state index contributed by atoms with van der Waals surface area (Å²) in [7, 11) is 0. The topological polar surface area (TPSA) is 84.7 Å². The number of carbonyl (C=O) groups is 2. The second kappa shape index (κ2) is 7.79. The van der Waals surface area contributed by atoms with Gasteiger partial charge in [-0.2, -0.15) is 0 Å². The van der Waals surface area contributed by atoms with Gasteiger partial charge in [-0.25, -0.2) is 4.79 Å². The Morgan fingerprint density at radius 1 is 1.41 bits per heavy atom. The highest BCUT2D eigenvalue weighted by atomic mass is 16.5. The first-order valence-corrected chi connectivity index (χ1v) is 7.61. The maximum Gasteiger partial charge on any atom is 0.408 e. The number of nitrogens with two attached hydrogens (primary N) is 1. The summed E-state index contributed by atoms with van der Waals surface area (Å²) in [5.74, 6) is -0.125.